The Morgan fingerprint density at radius 1 is 1.09 bits per heavy atom. The number of halogens is 3. The Morgan fingerprint density at radius 2 is 1.77 bits per heavy atom. The molecule has 2 aromatic carbocycles. The molecule has 35 heavy (non-hydrogen) atoms. The SMILES string of the molecule is COC(=O)C[C@H]1[C@H](C)C(C(F)(F)F)=NN1c1ccc(Cc2cnc(-c3ccccc3)nc2C)cc1. The number of hydrogen-bond donors (Lipinski definition) is 0. The van der Waals surface area contributed by atoms with Gasteiger partial charge in [-0.05, 0) is 30.2 Å². The van der Waals surface area contributed by atoms with E-state index in [2.05, 4.69) is 19.8 Å². The second-order valence-electron chi connectivity index (χ2n) is 8.48. The Balaban J connectivity index is 1.54. The highest BCUT2D eigenvalue weighted by molar-refractivity contribution is 5.96. The van der Waals surface area contributed by atoms with Crippen molar-refractivity contribution in [1.82, 2.24) is 9.97 Å². The van der Waals surface area contributed by atoms with Gasteiger partial charge in [-0.15, -0.1) is 0 Å². The third-order valence-corrected chi connectivity index (χ3v) is 6.14. The van der Waals surface area contributed by atoms with Crippen molar-refractivity contribution in [2.45, 2.75) is 38.9 Å². The van der Waals surface area contributed by atoms with Gasteiger partial charge >= 0.3 is 12.1 Å². The van der Waals surface area contributed by atoms with Gasteiger partial charge in [0.2, 0.25) is 0 Å². The first-order valence-electron chi connectivity index (χ1n) is 11.2. The first-order chi connectivity index (χ1) is 16.7. The van der Waals surface area contributed by atoms with Crippen LogP contribution >= 0.6 is 0 Å². The third kappa shape index (κ3) is 5.34. The lowest BCUT2D eigenvalue weighted by molar-refractivity contribution is -0.141. The van der Waals surface area contributed by atoms with Crippen LogP contribution in [-0.2, 0) is 16.0 Å². The normalized spacial score (nSPS) is 17.9. The van der Waals surface area contributed by atoms with Crippen LogP contribution in [0.1, 0.15) is 30.2 Å². The minimum Gasteiger partial charge on any atom is -0.469 e. The molecule has 182 valence electrons. The minimum atomic E-state index is -4.58. The highest BCUT2D eigenvalue weighted by Gasteiger charge is 2.48. The van der Waals surface area contributed by atoms with Crippen LogP contribution in [0.15, 0.2) is 65.9 Å². The van der Waals surface area contributed by atoms with Crippen molar-refractivity contribution in [2.24, 2.45) is 11.0 Å². The summed E-state index contributed by atoms with van der Waals surface area (Å²) in [6.07, 6.45) is -2.41. The summed E-state index contributed by atoms with van der Waals surface area (Å²) in [7, 11) is 1.21. The van der Waals surface area contributed by atoms with Crippen molar-refractivity contribution in [2.75, 3.05) is 12.1 Å². The van der Waals surface area contributed by atoms with Crippen molar-refractivity contribution in [1.29, 1.82) is 0 Å². The maximum absolute atomic E-state index is 13.5. The van der Waals surface area contributed by atoms with Crippen molar-refractivity contribution in [3.63, 3.8) is 0 Å². The Labute approximate surface area is 201 Å². The number of nitrogens with zero attached hydrogens (tertiary/aromatic N) is 4. The quantitative estimate of drug-likeness (QED) is 0.443. The van der Waals surface area contributed by atoms with Crippen LogP contribution < -0.4 is 5.01 Å². The van der Waals surface area contributed by atoms with Crippen molar-refractivity contribution >= 4 is 17.4 Å². The Hall–Kier alpha value is -3.75. The van der Waals surface area contributed by atoms with E-state index in [0.717, 1.165) is 22.4 Å². The number of carbonyl (C=O) groups is 1. The zero-order chi connectivity index (χ0) is 25.2. The number of hydrazone groups is 1. The number of aromatic nitrogens is 2. The van der Waals surface area contributed by atoms with Crippen molar-refractivity contribution < 1.29 is 22.7 Å². The molecule has 0 saturated heterocycles. The van der Waals surface area contributed by atoms with E-state index in [9.17, 15) is 18.0 Å². The van der Waals surface area contributed by atoms with Gasteiger partial charge in [-0.1, -0.05) is 49.4 Å². The molecule has 1 aromatic heterocycles. The molecule has 0 bridgehead atoms. The monoisotopic (exact) mass is 482 g/mol. The van der Waals surface area contributed by atoms with Crippen molar-refractivity contribution in [3.05, 3.63) is 77.6 Å². The third-order valence-electron chi connectivity index (χ3n) is 6.14. The first kappa shape index (κ1) is 24.4. The fraction of sp³-hybridized carbons (Fsp3) is 0.308. The summed E-state index contributed by atoms with van der Waals surface area (Å²) in [5.41, 5.74) is 3.27. The summed E-state index contributed by atoms with van der Waals surface area (Å²) in [5.74, 6) is -0.909. The summed E-state index contributed by atoms with van der Waals surface area (Å²) < 4.78 is 45.2. The summed E-state index contributed by atoms with van der Waals surface area (Å²) in [4.78, 5) is 21.0. The van der Waals surface area contributed by atoms with Gasteiger partial charge in [-0.3, -0.25) is 9.80 Å². The molecule has 2 heterocycles. The number of benzene rings is 2. The van der Waals surface area contributed by atoms with Crippen LogP contribution in [0.5, 0.6) is 0 Å². The summed E-state index contributed by atoms with van der Waals surface area (Å²) in [6, 6.07) is 16.0. The number of ether oxygens (including phenoxy) is 1. The maximum atomic E-state index is 13.5. The van der Waals surface area contributed by atoms with E-state index < -0.39 is 29.8 Å². The van der Waals surface area contributed by atoms with Crippen LogP contribution in [0, 0.1) is 12.8 Å². The lowest BCUT2D eigenvalue weighted by atomic mass is 9.94. The molecule has 6 nitrogen and oxygen atoms in total. The lowest BCUT2D eigenvalue weighted by Crippen LogP contribution is -2.37. The summed E-state index contributed by atoms with van der Waals surface area (Å²) >= 11 is 0. The molecular weight excluding hydrogens is 457 g/mol. The second-order valence-corrected chi connectivity index (χ2v) is 8.48. The van der Waals surface area contributed by atoms with Crippen molar-refractivity contribution in [3.8, 4) is 11.4 Å². The van der Waals surface area contributed by atoms with Gasteiger partial charge in [0.15, 0.2) is 5.82 Å². The molecule has 4 rings (SSSR count). The van der Waals surface area contributed by atoms with Crippen LogP contribution in [0.2, 0.25) is 0 Å². The molecule has 9 heteroatoms. The van der Waals surface area contributed by atoms with E-state index in [-0.39, 0.29) is 6.42 Å². The minimum absolute atomic E-state index is 0.202. The first-order valence-corrected chi connectivity index (χ1v) is 11.2. The fourth-order valence-electron chi connectivity index (χ4n) is 4.14. The van der Waals surface area contributed by atoms with Crippen LogP contribution in [-0.4, -0.2) is 41.0 Å². The number of hydrogen-bond acceptors (Lipinski definition) is 6. The van der Waals surface area contributed by atoms with E-state index >= 15 is 0 Å². The molecule has 0 spiro atoms. The van der Waals surface area contributed by atoms with Gasteiger partial charge < -0.3 is 4.74 Å². The number of aryl methyl sites for hydroxylation is 1. The zero-order valence-corrected chi connectivity index (χ0v) is 19.6. The molecule has 0 saturated carbocycles. The number of alkyl halides is 3. The topological polar surface area (TPSA) is 67.7 Å². The van der Waals surface area contributed by atoms with E-state index in [1.165, 1.54) is 19.0 Å². The van der Waals surface area contributed by atoms with E-state index in [4.69, 9.17) is 0 Å². The smallest absolute Gasteiger partial charge is 0.431 e. The Kier molecular flexibility index (Phi) is 6.86. The largest absolute Gasteiger partial charge is 0.469 e. The van der Waals surface area contributed by atoms with Gasteiger partial charge in [0.1, 0.15) is 5.71 Å². The molecule has 3 aromatic rings. The molecule has 1 aliphatic heterocycles. The van der Waals surface area contributed by atoms with E-state index in [1.807, 2.05) is 49.4 Å². The number of esters is 1. The average molecular weight is 483 g/mol. The Morgan fingerprint density at radius 3 is 2.37 bits per heavy atom. The number of anilines is 1. The maximum Gasteiger partial charge on any atom is 0.431 e. The van der Waals surface area contributed by atoms with Gasteiger partial charge in [-0.2, -0.15) is 18.3 Å². The van der Waals surface area contributed by atoms with Gasteiger partial charge in [-0.25, -0.2) is 9.97 Å². The molecule has 0 amide bonds. The Bertz CT molecular complexity index is 1230. The van der Waals surface area contributed by atoms with Gasteiger partial charge in [0, 0.05) is 29.8 Å². The predicted octanol–water partition coefficient (Wildman–Crippen LogP) is 5.35. The second kappa shape index (κ2) is 9.85. The van der Waals surface area contributed by atoms with Crippen LogP contribution in [0.25, 0.3) is 11.4 Å². The predicted molar refractivity (Wildman–Crippen MR) is 127 cm³/mol. The van der Waals surface area contributed by atoms with Crippen LogP contribution in [0.4, 0.5) is 18.9 Å². The van der Waals surface area contributed by atoms with E-state index in [1.54, 1.807) is 18.3 Å². The molecule has 0 aliphatic carbocycles. The lowest BCUT2D eigenvalue weighted by Gasteiger charge is -2.25. The molecule has 1 aliphatic rings. The fourth-order valence-corrected chi connectivity index (χ4v) is 4.14. The van der Waals surface area contributed by atoms with Gasteiger partial charge in [0.25, 0.3) is 0 Å². The number of rotatable bonds is 6. The van der Waals surface area contributed by atoms with E-state index in [0.29, 0.717) is 17.9 Å². The van der Waals surface area contributed by atoms with Gasteiger partial charge in [0.05, 0.1) is 25.3 Å². The number of methoxy groups -OCH3 is 1. The molecular formula is C26H25F3N4O2. The zero-order valence-electron chi connectivity index (χ0n) is 19.6. The molecule has 0 N–H and O–H groups in total. The standard InChI is InChI=1S/C26H25F3N4O2/c1-16-22(14-23(34)35-3)33(32-24(16)26(27,28)29)21-11-9-18(10-12-21)13-20-15-30-25(31-17(20)2)19-7-5-4-6-8-19/h4-12,15-16,22H,13-14H2,1-3H3/t16-,22-/m0/s1. The molecule has 0 fully saturated rings. The summed E-state index contributed by atoms with van der Waals surface area (Å²) in [5, 5.41) is 5.12. The highest BCUT2D eigenvalue weighted by atomic mass is 19.4. The highest BCUT2D eigenvalue weighted by Crippen LogP contribution is 2.36. The molecule has 0 unspecified atom stereocenters. The number of carbonyl (C=O) groups excluding carboxylic acids is 1. The van der Waals surface area contributed by atoms with Crippen LogP contribution in [0.3, 0.4) is 0 Å². The summed E-state index contributed by atoms with van der Waals surface area (Å²) in [6.45, 7) is 3.35. The molecule has 0 radical (unpaired) electrons. The molecule has 2 atom stereocenters. The average Bonchev–Trinajstić information content (AvgIpc) is 3.17.